The number of hydrogen-bond donors (Lipinski definition) is 1. The zero-order valence-electron chi connectivity index (χ0n) is 10.2. The Labute approximate surface area is 115 Å². The zero-order chi connectivity index (χ0) is 12.4. The number of aryl methyl sites for hydroxylation is 2. The van der Waals surface area contributed by atoms with Crippen molar-refractivity contribution >= 4 is 34.3 Å². The van der Waals surface area contributed by atoms with Gasteiger partial charge < -0.3 is 5.32 Å². The summed E-state index contributed by atoms with van der Waals surface area (Å²) in [6, 6.07) is 2.43. The predicted molar refractivity (Wildman–Crippen MR) is 78.6 cm³/mol. The molecular formula is C13H16ClNS2. The van der Waals surface area contributed by atoms with Crippen LogP contribution in [-0.4, -0.2) is 6.54 Å². The Morgan fingerprint density at radius 2 is 2.12 bits per heavy atom. The van der Waals surface area contributed by atoms with Crippen molar-refractivity contribution in [3.8, 4) is 0 Å². The van der Waals surface area contributed by atoms with E-state index in [4.69, 9.17) is 11.6 Å². The molecule has 0 spiro atoms. The summed E-state index contributed by atoms with van der Waals surface area (Å²) >= 11 is 9.91. The van der Waals surface area contributed by atoms with Gasteiger partial charge in [0.25, 0.3) is 0 Å². The van der Waals surface area contributed by atoms with E-state index < -0.39 is 0 Å². The maximum absolute atomic E-state index is 6.38. The molecule has 0 aliphatic heterocycles. The number of halogens is 1. The van der Waals surface area contributed by atoms with Gasteiger partial charge in [-0.05, 0) is 48.3 Å². The summed E-state index contributed by atoms with van der Waals surface area (Å²) < 4.78 is 0. The van der Waals surface area contributed by atoms with E-state index in [2.05, 4.69) is 42.9 Å². The highest BCUT2D eigenvalue weighted by Gasteiger charge is 2.21. The van der Waals surface area contributed by atoms with E-state index in [1.165, 1.54) is 20.9 Å². The summed E-state index contributed by atoms with van der Waals surface area (Å²) in [6.45, 7) is 7.29. The van der Waals surface area contributed by atoms with Gasteiger partial charge in [0, 0.05) is 9.75 Å². The second-order valence-electron chi connectivity index (χ2n) is 4.02. The third-order valence-corrected chi connectivity index (χ3v) is 5.45. The lowest BCUT2D eigenvalue weighted by Crippen LogP contribution is -2.21. The van der Waals surface area contributed by atoms with Crippen molar-refractivity contribution in [1.82, 2.24) is 5.32 Å². The number of hydrogen-bond acceptors (Lipinski definition) is 3. The van der Waals surface area contributed by atoms with Crippen LogP contribution in [0.2, 0.25) is 5.02 Å². The first kappa shape index (κ1) is 13.1. The van der Waals surface area contributed by atoms with Crippen molar-refractivity contribution in [3.05, 3.63) is 42.7 Å². The quantitative estimate of drug-likeness (QED) is 0.852. The molecule has 92 valence electrons. The van der Waals surface area contributed by atoms with Crippen LogP contribution in [0.25, 0.3) is 0 Å². The van der Waals surface area contributed by atoms with Crippen LogP contribution in [0.4, 0.5) is 0 Å². The average Bonchev–Trinajstić information content (AvgIpc) is 2.85. The Morgan fingerprint density at radius 3 is 2.59 bits per heavy atom. The lowest BCUT2D eigenvalue weighted by Gasteiger charge is -2.17. The molecule has 0 aromatic carbocycles. The van der Waals surface area contributed by atoms with Crippen LogP contribution in [0.1, 0.15) is 33.8 Å². The summed E-state index contributed by atoms with van der Waals surface area (Å²) in [4.78, 5) is 2.59. The van der Waals surface area contributed by atoms with E-state index in [1.807, 2.05) is 0 Å². The van der Waals surface area contributed by atoms with Gasteiger partial charge in [-0.3, -0.25) is 0 Å². The second-order valence-corrected chi connectivity index (χ2v) is 6.43. The second kappa shape index (κ2) is 5.53. The molecule has 0 saturated carbocycles. The average molecular weight is 286 g/mol. The molecule has 0 fully saturated rings. The van der Waals surface area contributed by atoms with Crippen LogP contribution < -0.4 is 5.32 Å². The third-order valence-electron chi connectivity index (χ3n) is 2.81. The lowest BCUT2D eigenvalue weighted by molar-refractivity contribution is 0.639. The van der Waals surface area contributed by atoms with Gasteiger partial charge in [-0.15, -0.1) is 22.7 Å². The molecule has 0 aliphatic carbocycles. The molecule has 0 radical (unpaired) electrons. The maximum Gasteiger partial charge on any atom is 0.0696 e. The molecule has 0 bridgehead atoms. The minimum atomic E-state index is 0.234. The molecule has 0 saturated heterocycles. The van der Waals surface area contributed by atoms with E-state index in [0.29, 0.717) is 0 Å². The van der Waals surface area contributed by atoms with Crippen LogP contribution in [0, 0.1) is 13.8 Å². The highest BCUT2D eigenvalue weighted by molar-refractivity contribution is 7.11. The van der Waals surface area contributed by atoms with Gasteiger partial charge in [-0.2, -0.15) is 0 Å². The molecule has 2 aromatic heterocycles. The lowest BCUT2D eigenvalue weighted by atomic mass is 10.1. The van der Waals surface area contributed by atoms with Crippen LogP contribution in [0.5, 0.6) is 0 Å². The van der Waals surface area contributed by atoms with E-state index in [9.17, 15) is 0 Å². The fourth-order valence-corrected chi connectivity index (χ4v) is 4.02. The van der Waals surface area contributed by atoms with Crippen LogP contribution >= 0.6 is 34.3 Å². The Balaban J connectivity index is 2.43. The fourth-order valence-electron chi connectivity index (χ4n) is 1.89. The van der Waals surface area contributed by atoms with Crippen molar-refractivity contribution in [2.45, 2.75) is 26.8 Å². The van der Waals surface area contributed by atoms with Gasteiger partial charge in [0.05, 0.1) is 11.1 Å². The van der Waals surface area contributed by atoms with E-state index in [-0.39, 0.29) is 6.04 Å². The normalized spacial score (nSPS) is 12.9. The molecule has 17 heavy (non-hydrogen) atoms. The van der Waals surface area contributed by atoms with Gasteiger partial charge in [-0.25, -0.2) is 0 Å². The highest BCUT2D eigenvalue weighted by Crippen LogP contribution is 2.37. The Hall–Kier alpha value is -0.350. The smallest absolute Gasteiger partial charge is 0.0696 e. The molecule has 4 heteroatoms. The first-order chi connectivity index (χ1) is 8.15. The van der Waals surface area contributed by atoms with Crippen molar-refractivity contribution in [3.63, 3.8) is 0 Å². The zero-order valence-corrected chi connectivity index (χ0v) is 12.6. The van der Waals surface area contributed by atoms with Gasteiger partial charge in [-0.1, -0.05) is 18.5 Å². The molecule has 1 atom stereocenters. The largest absolute Gasteiger partial charge is 0.306 e. The summed E-state index contributed by atoms with van der Waals surface area (Å²) in [5.41, 5.74) is 2.52. The van der Waals surface area contributed by atoms with Crippen LogP contribution in [0.3, 0.4) is 0 Å². The van der Waals surface area contributed by atoms with Crippen LogP contribution in [-0.2, 0) is 0 Å². The molecule has 0 amide bonds. The van der Waals surface area contributed by atoms with Crippen LogP contribution in [0.15, 0.2) is 16.8 Å². The van der Waals surface area contributed by atoms with Gasteiger partial charge in [0.1, 0.15) is 0 Å². The van der Waals surface area contributed by atoms with Gasteiger partial charge >= 0.3 is 0 Å². The molecule has 2 rings (SSSR count). The number of nitrogens with one attached hydrogen (secondary N) is 1. The van der Waals surface area contributed by atoms with E-state index in [1.54, 1.807) is 22.7 Å². The summed E-state index contributed by atoms with van der Waals surface area (Å²) in [5, 5.41) is 8.71. The molecule has 0 aliphatic rings. The first-order valence-corrected chi connectivity index (χ1v) is 7.79. The third kappa shape index (κ3) is 2.58. The Morgan fingerprint density at radius 1 is 1.35 bits per heavy atom. The minimum Gasteiger partial charge on any atom is -0.306 e. The topological polar surface area (TPSA) is 12.0 Å². The van der Waals surface area contributed by atoms with Crippen molar-refractivity contribution in [2.75, 3.05) is 6.54 Å². The predicted octanol–water partition coefficient (Wildman–Crippen LogP) is 4.78. The molecule has 1 nitrogen and oxygen atoms in total. The fraction of sp³-hybridized carbons (Fsp3) is 0.385. The number of rotatable bonds is 4. The standard InChI is InChI=1S/C13H16ClNS2/c1-4-15-12(10-5-6-16-9(10)3)13-11(14)8(2)7-17-13/h5-7,12,15H,4H2,1-3H3. The first-order valence-electron chi connectivity index (χ1n) is 5.66. The Kier molecular flexibility index (Phi) is 4.26. The molecule has 2 heterocycles. The monoisotopic (exact) mass is 285 g/mol. The SMILES string of the molecule is CCNC(c1ccsc1C)c1scc(C)c1Cl. The summed E-state index contributed by atoms with van der Waals surface area (Å²) in [5.74, 6) is 0. The van der Waals surface area contributed by atoms with E-state index >= 15 is 0 Å². The van der Waals surface area contributed by atoms with Crippen molar-refractivity contribution in [2.24, 2.45) is 0 Å². The van der Waals surface area contributed by atoms with Crippen molar-refractivity contribution < 1.29 is 0 Å². The van der Waals surface area contributed by atoms with Gasteiger partial charge in [0.15, 0.2) is 0 Å². The Bertz CT molecular complexity index is 501. The van der Waals surface area contributed by atoms with Gasteiger partial charge in [0.2, 0.25) is 0 Å². The minimum absolute atomic E-state index is 0.234. The number of thiophene rings is 2. The molecule has 1 unspecified atom stereocenters. The molecule has 1 N–H and O–H groups in total. The molecule has 2 aromatic rings. The van der Waals surface area contributed by atoms with Crippen molar-refractivity contribution in [1.29, 1.82) is 0 Å². The summed E-state index contributed by atoms with van der Waals surface area (Å²) in [6.07, 6.45) is 0. The summed E-state index contributed by atoms with van der Waals surface area (Å²) in [7, 11) is 0. The van der Waals surface area contributed by atoms with E-state index in [0.717, 1.165) is 11.6 Å². The molecular weight excluding hydrogens is 270 g/mol. The maximum atomic E-state index is 6.38. The highest BCUT2D eigenvalue weighted by atomic mass is 35.5.